The normalized spacial score (nSPS) is 10.1. The predicted octanol–water partition coefficient (Wildman–Crippen LogP) is 3.34. The van der Waals surface area contributed by atoms with E-state index >= 15 is 0 Å². The average molecular weight is 353 g/mol. The SMILES string of the molecule is CC(=O)Nc1ccc(N(CCC(=O)Nc2cccc(C)c2)C(C)=O)cc1. The number of rotatable bonds is 6. The van der Waals surface area contributed by atoms with Crippen molar-refractivity contribution in [1.29, 1.82) is 0 Å². The summed E-state index contributed by atoms with van der Waals surface area (Å²) < 4.78 is 0. The molecule has 0 fully saturated rings. The Morgan fingerprint density at radius 2 is 1.62 bits per heavy atom. The molecule has 136 valence electrons. The summed E-state index contributed by atoms with van der Waals surface area (Å²) in [7, 11) is 0. The Bertz CT molecular complexity index is 800. The van der Waals surface area contributed by atoms with E-state index in [0.29, 0.717) is 11.4 Å². The number of hydrogen-bond acceptors (Lipinski definition) is 3. The topological polar surface area (TPSA) is 78.5 Å². The summed E-state index contributed by atoms with van der Waals surface area (Å²) in [6.07, 6.45) is 0.182. The minimum Gasteiger partial charge on any atom is -0.326 e. The van der Waals surface area contributed by atoms with E-state index in [9.17, 15) is 14.4 Å². The van der Waals surface area contributed by atoms with Crippen molar-refractivity contribution in [3.63, 3.8) is 0 Å². The Morgan fingerprint density at radius 3 is 2.19 bits per heavy atom. The van der Waals surface area contributed by atoms with E-state index in [4.69, 9.17) is 0 Å². The van der Waals surface area contributed by atoms with Gasteiger partial charge in [-0.25, -0.2) is 0 Å². The van der Waals surface area contributed by atoms with E-state index < -0.39 is 0 Å². The first-order valence-electron chi connectivity index (χ1n) is 8.37. The first kappa shape index (κ1) is 19.2. The molecule has 2 rings (SSSR count). The summed E-state index contributed by atoms with van der Waals surface area (Å²) in [5.41, 5.74) is 3.13. The van der Waals surface area contributed by atoms with Crippen LogP contribution in [0.2, 0.25) is 0 Å². The zero-order valence-electron chi connectivity index (χ0n) is 15.2. The number of carbonyl (C=O) groups is 3. The highest BCUT2D eigenvalue weighted by atomic mass is 16.2. The number of amides is 3. The molecule has 0 saturated carbocycles. The summed E-state index contributed by atoms with van der Waals surface area (Å²) in [6.45, 7) is 5.12. The standard InChI is InChI=1S/C20H23N3O3/c1-14-5-4-6-18(13-14)22-20(26)11-12-23(16(3)25)19-9-7-17(8-10-19)21-15(2)24/h4-10,13H,11-12H2,1-3H3,(H,21,24)(H,22,26). The molecule has 6 heteroatoms. The highest BCUT2D eigenvalue weighted by molar-refractivity contribution is 5.95. The smallest absolute Gasteiger partial charge is 0.226 e. The predicted molar refractivity (Wildman–Crippen MR) is 103 cm³/mol. The quantitative estimate of drug-likeness (QED) is 0.836. The van der Waals surface area contributed by atoms with Crippen LogP contribution in [0, 0.1) is 6.92 Å². The molecule has 0 atom stereocenters. The van der Waals surface area contributed by atoms with Gasteiger partial charge in [-0.15, -0.1) is 0 Å². The highest BCUT2D eigenvalue weighted by Crippen LogP contribution is 2.19. The molecular weight excluding hydrogens is 330 g/mol. The van der Waals surface area contributed by atoms with E-state index in [1.54, 1.807) is 24.3 Å². The van der Waals surface area contributed by atoms with Crippen molar-refractivity contribution in [3.8, 4) is 0 Å². The van der Waals surface area contributed by atoms with Gasteiger partial charge in [0.05, 0.1) is 0 Å². The molecule has 0 unspecified atom stereocenters. The van der Waals surface area contributed by atoms with Gasteiger partial charge in [0.2, 0.25) is 17.7 Å². The minimum atomic E-state index is -0.158. The van der Waals surface area contributed by atoms with Crippen LogP contribution in [-0.4, -0.2) is 24.3 Å². The Morgan fingerprint density at radius 1 is 0.923 bits per heavy atom. The first-order chi connectivity index (χ1) is 12.3. The lowest BCUT2D eigenvalue weighted by Gasteiger charge is -2.21. The number of anilines is 3. The van der Waals surface area contributed by atoms with Gasteiger partial charge in [-0.2, -0.15) is 0 Å². The average Bonchev–Trinajstić information content (AvgIpc) is 2.55. The second-order valence-corrected chi connectivity index (χ2v) is 6.07. The van der Waals surface area contributed by atoms with E-state index in [1.807, 2.05) is 31.2 Å². The third-order valence-electron chi connectivity index (χ3n) is 3.74. The van der Waals surface area contributed by atoms with Crippen molar-refractivity contribution in [2.75, 3.05) is 22.1 Å². The third kappa shape index (κ3) is 5.73. The molecule has 2 N–H and O–H groups in total. The van der Waals surface area contributed by atoms with E-state index in [2.05, 4.69) is 10.6 Å². The lowest BCUT2D eigenvalue weighted by atomic mass is 10.2. The van der Waals surface area contributed by atoms with Crippen molar-refractivity contribution in [2.45, 2.75) is 27.2 Å². The van der Waals surface area contributed by atoms with Crippen molar-refractivity contribution in [3.05, 3.63) is 54.1 Å². The number of hydrogen-bond donors (Lipinski definition) is 2. The number of nitrogens with one attached hydrogen (secondary N) is 2. The number of aryl methyl sites for hydroxylation is 1. The largest absolute Gasteiger partial charge is 0.326 e. The highest BCUT2D eigenvalue weighted by Gasteiger charge is 2.14. The van der Waals surface area contributed by atoms with Crippen LogP contribution in [0.25, 0.3) is 0 Å². The lowest BCUT2D eigenvalue weighted by molar-refractivity contribution is -0.117. The van der Waals surface area contributed by atoms with Gasteiger partial charge in [0, 0.05) is 43.9 Å². The van der Waals surface area contributed by atoms with E-state index in [-0.39, 0.29) is 30.7 Å². The molecular formula is C20H23N3O3. The van der Waals surface area contributed by atoms with Gasteiger partial charge in [0.1, 0.15) is 0 Å². The molecule has 0 saturated heterocycles. The van der Waals surface area contributed by atoms with Gasteiger partial charge in [-0.3, -0.25) is 14.4 Å². The van der Waals surface area contributed by atoms with Crippen LogP contribution in [0.4, 0.5) is 17.1 Å². The summed E-state index contributed by atoms with van der Waals surface area (Å²) >= 11 is 0. The van der Waals surface area contributed by atoms with Crippen molar-refractivity contribution < 1.29 is 14.4 Å². The molecule has 0 spiro atoms. The minimum absolute atomic E-state index is 0.152. The summed E-state index contributed by atoms with van der Waals surface area (Å²) in [6, 6.07) is 14.5. The maximum absolute atomic E-state index is 12.2. The second-order valence-electron chi connectivity index (χ2n) is 6.07. The number of benzene rings is 2. The van der Waals surface area contributed by atoms with Crippen molar-refractivity contribution in [2.24, 2.45) is 0 Å². The maximum atomic E-state index is 12.2. The van der Waals surface area contributed by atoms with E-state index in [0.717, 1.165) is 11.3 Å². The molecule has 0 aliphatic carbocycles. The maximum Gasteiger partial charge on any atom is 0.226 e. The van der Waals surface area contributed by atoms with Gasteiger partial charge in [-0.05, 0) is 48.9 Å². The fourth-order valence-corrected chi connectivity index (χ4v) is 2.56. The monoisotopic (exact) mass is 353 g/mol. The van der Waals surface area contributed by atoms with Gasteiger partial charge < -0.3 is 15.5 Å². The zero-order valence-corrected chi connectivity index (χ0v) is 15.2. The van der Waals surface area contributed by atoms with Crippen LogP contribution in [0.3, 0.4) is 0 Å². The first-order valence-corrected chi connectivity index (χ1v) is 8.37. The number of carbonyl (C=O) groups excluding carboxylic acids is 3. The van der Waals surface area contributed by atoms with Crippen LogP contribution >= 0.6 is 0 Å². The molecule has 2 aromatic carbocycles. The Hall–Kier alpha value is -3.15. The van der Waals surface area contributed by atoms with Gasteiger partial charge >= 0.3 is 0 Å². The molecule has 0 radical (unpaired) electrons. The van der Waals surface area contributed by atoms with Crippen LogP contribution in [0.5, 0.6) is 0 Å². The van der Waals surface area contributed by atoms with Crippen molar-refractivity contribution >= 4 is 34.8 Å². The fourth-order valence-electron chi connectivity index (χ4n) is 2.56. The third-order valence-corrected chi connectivity index (χ3v) is 3.74. The Kier molecular flexibility index (Phi) is 6.49. The van der Waals surface area contributed by atoms with Gasteiger partial charge in [0.15, 0.2) is 0 Å². The molecule has 0 aromatic heterocycles. The van der Waals surface area contributed by atoms with Gasteiger partial charge in [-0.1, -0.05) is 12.1 Å². The Balaban J connectivity index is 1.98. The van der Waals surface area contributed by atoms with Crippen LogP contribution in [-0.2, 0) is 14.4 Å². The second kappa shape index (κ2) is 8.80. The molecule has 0 aliphatic heterocycles. The Labute approximate surface area is 153 Å². The van der Waals surface area contributed by atoms with Crippen molar-refractivity contribution in [1.82, 2.24) is 0 Å². The van der Waals surface area contributed by atoms with E-state index in [1.165, 1.54) is 18.7 Å². The molecule has 0 bridgehead atoms. The zero-order chi connectivity index (χ0) is 19.1. The summed E-state index contributed by atoms with van der Waals surface area (Å²) in [4.78, 5) is 36.7. The summed E-state index contributed by atoms with van der Waals surface area (Å²) in [5, 5.41) is 5.51. The summed E-state index contributed by atoms with van der Waals surface area (Å²) in [5.74, 6) is -0.466. The lowest BCUT2D eigenvalue weighted by Crippen LogP contribution is -2.31. The van der Waals surface area contributed by atoms with Crippen LogP contribution in [0.15, 0.2) is 48.5 Å². The fraction of sp³-hybridized carbons (Fsp3) is 0.250. The molecule has 3 amide bonds. The molecule has 0 aliphatic rings. The molecule has 6 nitrogen and oxygen atoms in total. The van der Waals surface area contributed by atoms with Crippen LogP contribution < -0.4 is 15.5 Å². The van der Waals surface area contributed by atoms with Crippen LogP contribution in [0.1, 0.15) is 25.8 Å². The molecule has 26 heavy (non-hydrogen) atoms. The number of nitrogens with zero attached hydrogens (tertiary/aromatic N) is 1. The molecule has 0 heterocycles. The van der Waals surface area contributed by atoms with Gasteiger partial charge in [0.25, 0.3) is 0 Å². The molecule has 2 aromatic rings.